The summed E-state index contributed by atoms with van der Waals surface area (Å²) < 4.78 is 21.2. The lowest BCUT2D eigenvalue weighted by Gasteiger charge is -2.27. The summed E-state index contributed by atoms with van der Waals surface area (Å²) >= 11 is 13.8. The highest BCUT2D eigenvalue weighted by atomic mass is 35.5. The monoisotopic (exact) mass is 721 g/mol. The van der Waals surface area contributed by atoms with Crippen LogP contribution in [-0.2, 0) is 22.7 Å². The zero-order valence-electron chi connectivity index (χ0n) is 27.4. The number of carboxylic acid groups (broad SMARTS) is 1. The van der Waals surface area contributed by atoms with Crippen LogP contribution in [0.2, 0.25) is 10.0 Å². The van der Waals surface area contributed by atoms with E-state index in [0.29, 0.717) is 77.0 Å². The quantitative estimate of drug-likeness (QED) is 0.103. The second-order valence-corrected chi connectivity index (χ2v) is 13.3. The highest BCUT2D eigenvalue weighted by molar-refractivity contribution is 6.39. The van der Waals surface area contributed by atoms with Crippen LogP contribution in [0.5, 0.6) is 5.88 Å². The van der Waals surface area contributed by atoms with Gasteiger partial charge in [0.1, 0.15) is 0 Å². The van der Waals surface area contributed by atoms with Gasteiger partial charge in [0.25, 0.3) is 0 Å². The van der Waals surface area contributed by atoms with E-state index in [4.69, 9.17) is 32.9 Å². The van der Waals surface area contributed by atoms with Crippen molar-refractivity contribution in [3.8, 4) is 28.4 Å². The van der Waals surface area contributed by atoms with Crippen molar-refractivity contribution in [1.29, 1.82) is 0 Å². The van der Waals surface area contributed by atoms with E-state index in [9.17, 15) is 14.7 Å². The van der Waals surface area contributed by atoms with Crippen LogP contribution in [0.3, 0.4) is 0 Å². The Bertz CT molecular complexity index is 1870. The van der Waals surface area contributed by atoms with Crippen LogP contribution in [0, 0.1) is 11.7 Å². The molecule has 3 aromatic heterocycles. The number of halogens is 3. The number of carbonyl (C=O) groups is 2. The number of carbonyl (C=O) groups excluding carboxylic acids is 1. The standard InChI is InChI=1S/C36H38Cl2FN7O4/c1-50-35-22(17-40-19-24-10-12-29(47)44-24)7-11-27(46-35)25-14-16-41-33(31(25)38)26-3-2-4-28(30(26)37)45-34-32(39)21(13-15-42-34)18-43-23-8-5-20(6-9-23)36(48)49/h2-4,7,11,13-16,20,23-24,40,43H,5-6,8-10,12,17-19H2,1H3,(H,42,45)(H,44,47)(H,48,49)/t20?,23?,24-/m0/s1. The number of carboxylic acids is 1. The minimum absolute atomic E-state index is 0.0182. The molecule has 4 aromatic rings. The van der Waals surface area contributed by atoms with Gasteiger partial charge in [-0.3, -0.25) is 14.6 Å². The smallest absolute Gasteiger partial charge is 0.306 e. The molecular formula is C36H38Cl2FN7O4. The summed E-state index contributed by atoms with van der Waals surface area (Å²) in [6.07, 6.45) is 7.18. The number of aliphatic carboxylic acids is 1. The van der Waals surface area contributed by atoms with Gasteiger partial charge in [0.2, 0.25) is 11.8 Å². The highest BCUT2D eigenvalue weighted by Gasteiger charge is 2.26. The van der Waals surface area contributed by atoms with Crippen LogP contribution < -0.4 is 26.0 Å². The molecule has 262 valence electrons. The van der Waals surface area contributed by atoms with Crippen molar-refractivity contribution in [3.63, 3.8) is 0 Å². The number of amides is 1. The molecule has 5 N–H and O–H groups in total. The number of anilines is 2. The Morgan fingerprint density at radius 2 is 1.78 bits per heavy atom. The van der Waals surface area contributed by atoms with Crippen LogP contribution in [0.15, 0.2) is 54.9 Å². The van der Waals surface area contributed by atoms with Gasteiger partial charge in [-0.05, 0) is 56.4 Å². The molecule has 11 nitrogen and oxygen atoms in total. The zero-order chi connectivity index (χ0) is 35.2. The molecule has 2 aliphatic rings. The number of benzene rings is 1. The second-order valence-electron chi connectivity index (χ2n) is 12.5. The average molecular weight is 723 g/mol. The minimum atomic E-state index is -0.756. The largest absolute Gasteiger partial charge is 0.481 e. The molecule has 1 aliphatic heterocycles. The van der Waals surface area contributed by atoms with Crippen LogP contribution in [0.25, 0.3) is 22.5 Å². The molecule has 4 heterocycles. The van der Waals surface area contributed by atoms with Gasteiger partial charge in [-0.1, -0.05) is 41.4 Å². The van der Waals surface area contributed by atoms with Gasteiger partial charge in [0.05, 0.1) is 40.1 Å². The third-order valence-electron chi connectivity index (χ3n) is 9.22. The first kappa shape index (κ1) is 35.5. The van der Waals surface area contributed by atoms with E-state index in [-0.39, 0.29) is 41.3 Å². The van der Waals surface area contributed by atoms with Crippen molar-refractivity contribution in [2.75, 3.05) is 19.0 Å². The maximum Gasteiger partial charge on any atom is 0.306 e. The lowest BCUT2D eigenvalue weighted by Crippen LogP contribution is -2.35. The number of nitrogens with zero attached hydrogens (tertiary/aromatic N) is 3. The summed E-state index contributed by atoms with van der Waals surface area (Å²) in [5, 5.41) is 22.6. The van der Waals surface area contributed by atoms with Crippen molar-refractivity contribution in [3.05, 3.63) is 81.8 Å². The zero-order valence-corrected chi connectivity index (χ0v) is 29.0. The van der Waals surface area contributed by atoms with Crippen molar-refractivity contribution in [1.82, 2.24) is 30.9 Å². The summed E-state index contributed by atoms with van der Waals surface area (Å²) in [6, 6.07) is 12.7. The molecule has 1 saturated heterocycles. The van der Waals surface area contributed by atoms with Gasteiger partial charge in [0, 0.05) is 72.8 Å². The number of rotatable bonds is 13. The Kier molecular flexibility index (Phi) is 11.4. The van der Waals surface area contributed by atoms with Gasteiger partial charge in [0.15, 0.2) is 11.6 Å². The van der Waals surface area contributed by atoms with Crippen molar-refractivity contribution < 1.29 is 23.8 Å². The van der Waals surface area contributed by atoms with E-state index in [1.165, 1.54) is 6.20 Å². The summed E-state index contributed by atoms with van der Waals surface area (Å²) in [5.41, 5.74) is 3.87. The molecule has 0 radical (unpaired) electrons. The molecule has 6 rings (SSSR count). The fourth-order valence-corrected chi connectivity index (χ4v) is 6.99. The van der Waals surface area contributed by atoms with Crippen LogP contribution in [0.1, 0.15) is 49.7 Å². The molecule has 14 heteroatoms. The van der Waals surface area contributed by atoms with Gasteiger partial charge >= 0.3 is 5.97 Å². The molecule has 0 unspecified atom stereocenters. The van der Waals surface area contributed by atoms with E-state index >= 15 is 4.39 Å². The third kappa shape index (κ3) is 8.15. The van der Waals surface area contributed by atoms with Gasteiger partial charge in [-0.2, -0.15) is 0 Å². The maximum atomic E-state index is 15.6. The average Bonchev–Trinajstić information content (AvgIpc) is 3.54. The lowest BCUT2D eigenvalue weighted by atomic mass is 9.86. The molecule has 0 spiro atoms. The summed E-state index contributed by atoms with van der Waals surface area (Å²) in [5.74, 6) is -1.04. The van der Waals surface area contributed by atoms with E-state index in [2.05, 4.69) is 31.2 Å². The molecule has 2 fully saturated rings. The number of nitrogens with one attached hydrogen (secondary N) is 4. The Labute approximate surface area is 299 Å². The molecule has 1 atom stereocenters. The highest BCUT2D eigenvalue weighted by Crippen LogP contribution is 2.41. The van der Waals surface area contributed by atoms with Crippen molar-refractivity contribution >= 4 is 46.6 Å². The fraction of sp³-hybridized carbons (Fsp3) is 0.361. The van der Waals surface area contributed by atoms with E-state index in [1.807, 2.05) is 12.1 Å². The van der Waals surface area contributed by atoms with E-state index in [0.717, 1.165) is 24.8 Å². The number of hydrogen-bond acceptors (Lipinski definition) is 9. The van der Waals surface area contributed by atoms with Gasteiger partial charge in [-0.15, -0.1) is 0 Å². The molecule has 1 amide bonds. The third-order valence-corrected chi connectivity index (χ3v) is 10.0. The second kappa shape index (κ2) is 16.1. The first-order valence-corrected chi connectivity index (χ1v) is 17.3. The number of ether oxygens (including phenoxy) is 1. The summed E-state index contributed by atoms with van der Waals surface area (Å²) in [6.45, 7) is 1.44. The molecule has 50 heavy (non-hydrogen) atoms. The van der Waals surface area contributed by atoms with Crippen LogP contribution >= 0.6 is 23.2 Å². The number of hydrogen-bond donors (Lipinski definition) is 5. The number of aromatic nitrogens is 3. The normalized spacial score (nSPS) is 18.9. The Morgan fingerprint density at radius 1 is 0.980 bits per heavy atom. The Balaban J connectivity index is 1.16. The molecule has 1 saturated carbocycles. The predicted molar refractivity (Wildman–Crippen MR) is 190 cm³/mol. The summed E-state index contributed by atoms with van der Waals surface area (Å²) in [4.78, 5) is 36.2. The molecule has 0 bridgehead atoms. The Hall–Kier alpha value is -4.36. The van der Waals surface area contributed by atoms with E-state index < -0.39 is 11.8 Å². The first-order chi connectivity index (χ1) is 24.2. The van der Waals surface area contributed by atoms with Crippen LogP contribution in [0.4, 0.5) is 15.9 Å². The molecular weight excluding hydrogens is 684 g/mol. The predicted octanol–water partition coefficient (Wildman–Crippen LogP) is 6.50. The topological polar surface area (TPSA) is 150 Å². The SMILES string of the molecule is COc1nc(-c2ccnc(-c3cccc(Nc4nccc(CNC5CCC(C(=O)O)CC5)c4F)c3Cl)c2Cl)ccc1CNC[C@@H]1CCC(=O)N1. The van der Waals surface area contributed by atoms with Crippen LogP contribution in [-0.4, -0.2) is 57.7 Å². The van der Waals surface area contributed by atoms with Crippen molar-refractivity contribution in [2.45, 2.75) is 63.7 Å². The number of pyridine rings is 3. The minimum Gasteiger partial charge on any atom is -0.481 e. The van der Waals surface area contributed by atoms with E-state index in [1.54, 1.807) is 43.6 Å². The van der Waals surface area contributed by atoms with Gasteiger partial charge < -0.3 is 31.1 Å². The fourth-order valence-electron chi connectivity index (χ4n) is 6.42. The molecule has 1 aliphatic carbocycles. The number of methoxy groups -OCH3 is 1. The van der Waals surface area contributed by atoms with Crippen molar-refractivity contribution in [2.24, 2.45) is 5.92 Å². The Morgan fingerprint density at radius 3 is 2.52 bits per heavy atom. The first-order valence-electron chi connectivity index (χ1n) is 16.6. The lowest BCUT2D eigenvalue weighted by molar-refractivity contribution is -0.142. The maximum absolute atomic E-state index is 15.6. The molecule has 1 aromatic carbocycles. The summed E-state index contributed by atoms with van der Waals surface area (Å²) in [7, 11) is 1.56. The van der Waals surface area contributed by atoms with Gasteiger partial charge in [-0.25, -0.2) is 14.4 Å².